The van der Waals surface area contributed by atoms with Crippen LogP contribution < -0.4 is 5.32 Å². The van der Waals surface area contributed by atoms with E-state index in [-0.39, 0.29) is 29.0 Å². The zero-order valence-corrected chi connectivity index (χ0v) is 18.3. The molecule has 1 N–H and O–H groups in total. The standard InChI is InChI=1S/C25H20F2N2O3S/c26-18-5-7-21(8-6-18)29-14-23(16-2-1-3-19(27)12-16)22-9-4-17(13-24(22)29)25(30)28-20-10-11-33(31,32)15-20/h1-9,12-14,20H,10-11,15H2,(H,28,30). The lowest BCUT2D eigenvalue weighted by molar-refractivity contribution is 0.0941. The lowest BCUT2D eigenvalue weighted by Gasteiger charge is -2.12. The third-order valence-electron chi connectivity index (χ3n) is 5.88. The van der Waals surface area contributed by atoms with Crippen molar-refractivity contribution in [1.82, 2.24) is 9.88 Å². The SMILES string of the molecule is O=C(NC1CCS(=O)(=O)C1)c1ccc2c(-c3cccc(F)c3)cn(-c3ccc(F)cc3)c2c1. The van der Waals surface area contributed by atoms with Crippen LogP contribution in [-0.2, 0) is 9.84 Å². The summed E-state index contributed by atoms with van der Waals surface area (Å²) in [4.78, 5) is 12.9. The van der Waals surface area contributed by atoms with E-state index in [0.29, 0.717) is 28.8 Å². The fourth-order valence-corrected chi connectivity index (χ4v) is 5.92. The highest BCUT2D eigenvalue weighted by atomic mass is 32.2. The second-order valence-electron chi connectivity index (χ2n) is 8.20. The molecule has 0 bridgehead atoms. The summed E-state index contributed by atoms with van der Waals surface area (Å²) < 4.78 is 52.7. The van der Waals surface area contributed by atoms with Crippen LogP contribution in [0.3, 0.4) is 0 Å². The summed E-state index contributed by atoms with van der Waals surface area (Å²) in [5.41, 5.74) is 3.19. The largest absolute Gasteiger partial charge is 0.348 e. The van der Waals surface area contributed by atoms with E-state index in [4.69, 9.17) is 0 Å². The molecule has 1 unspecified atom stereocenters. The molecule has 0 aliphatic carbocycles. The van der Waals surface area contributed by atoms with Crippen molar-refractivity contribution in [3.8, 4) is 16.8 Å². The average Bonchev–Trinajstić information content (AvgIpc) is 3.33. The Bertz CT molecular complexity index is 1480. The molecule has 33 heavy (non-hydrogen) atoms. The number of rotatable bonds is 4. The van der Waals surface area contributed by atoms with E-state index in [1.165, 1.54) is 24.3 Å². The Morgan fingerprint density at radius 3 is 2.45 bits per heavy atom. The van der Waals surface area contributed by atoms with Crippen LogP contribution in [0, 0.1) is 11.6 Å². The lowest BCUT2D eigenvalue weighted by atomic mass is 10.0. The Hall–Kier alpha value is -3.52. The van der Waals surface area contributed by atoms with E-state index in [0.717, 1.165) is 10.9 Å². The molecular weight excluding hydrogens is 446 g/mol. The average molecular weight is 467 g/mol. The zero-order valence-electron chi connectivity index (χ0n) is 17.5. The minimum Gasteiger partial charge on any atom is -0.348 e. The predicted octanol–water partition coefficient (Wildman–Crippen LogP) is 4.49. The van der Waals surface area contributed by atoms with Gasteiger partial charge >= 0.3 is 0 Å². The Kier molecular flexibility index (Phi) is 5.25. The van der Waals surface area contributed by atoms with Gasteiger partial charge in [-0.25, -0.2) is 17.2 Å². The maximum absolute atomic E-state index is 13.9. The second kappa shape index (κ2) is 8.12. The normalized spacial score (nSPS) is 17.3. The molecular formula is C25H20F2N2O3S. The maximum atomic E-state index is 13.9. The Morgan fingerprint density at radius 2 is 1.76 bits per heavy atom. The fraction of sp³-hybridized carbons (Fsp3) is 0.160. The molecule has 8 heteroatoms. The quantitative estimate of drug-likeness (QED) is 0.482. The summed E-state index contributed by atoms with van der Waals surface area (Å²) >= 11 is 0. The first-order valence-corrected chi connectivity index (χ1v) is 12.3. The fourth-order valence-electron chi connectivity index (χ4n) is 4.25. The number of sulfone groups is 1. The van der Waals surface area contributed by atoms with Crippen molar-refractivity contribution in [3.05, 3.63) is 90.1 Å². The lowest BCUT2D eigenvalue weighted by Crippen LogP contribution is -2.35. The molecule has 0 saturated carbocycles. The maximum Gasteiger partial charge on any atom is 0.251 e. The number of hydrogen-bond donors (Lipinski definition) is 1. The van der Waals surface area contributed by atoms with Crippen molar-refractivity contribution in [2.45, 2.75) is 12.5 Å². The highest BCUT2D eigenvalue weighted by Gasteiger charge is 2.29. The molecule has 2 heterocycles. The van der Waals surface area contributed by atoms with Gasteiger partial charge in [-0.15, -0.1) is 0 Å². The Balaban J connectivity index is 1.59. The summed E-state index contributed by atoms with van der Waals surface area (Å²) in [6.45, 7) is 0. The first-order valence-electron chi connectivity index (χ1n) is 10.5. The minimum atomic E-state index is -3.12. The topological polar surface area (TPSA) is 68.2 Å². The van der Waals surface area contributed by atoms with Gasteiger partial charge in [0.25, 0.3) is 5.91 Å². The number of aromatic nitrogens is 1. The van der Waals surface area contributed by atoms with Crippen LogP contribution in [0.25, 0.3) is 27.7 Å². The molecule has 0 radical (unpaired) electrons. The van der Waals surface area contributed by atoms with Crippen molar-refractivity contribution in [1.29, 1.82) is 0 Å². The van der Waals surface area contributed by atoms with Gasteiger partial charge in [0, 0.05) is 34.4 Å². The van der Waals surface area contributed by atoms with Crippen LogP contribution in [0.5, 0.6) is 0 Å². The number of carbonyl (C=O) groups is 1. The molecule has 3 aromatic carbocycles. The molecule has 4 aromatic rings. The molecule has 1 aliphatic heterocycles. The number of fused-ring (bicyclic) bond motifs is 1. The molecule has 1 atom stereocenters. The second-order valence-corrected chi connectivity index (χ2v) is 10.4. The van der Waals surface area contributed by atoms with Crippen LogP contribution in [-0.4, -0.2) is 36.4 Å². The number of nitrogens with zero attached hydrogens (tertiary/aromatic N) is 1. The highest BCUT2D eigenvalue weighted by molar-refractivity contribution is 7.91. The molecule has 0 spiro atoms. The number of hydrogen-bond acceptors (Lipinski definition) is 3. The third-order valence-corrected chi connectivity index (χ3v) is 7.64. The Labute approximate surface area is 189 Å². The summed E-state index contributed by atoms with van der Waals surface area (Å²) in [5.74, 6) is -1.08. The van der Waals surface area contributed by atoms with E-state index in [2.05, 4.69) is 5.32 Å². The molecule has 5 rings (SSSR count). The van der Waals surface area contributed by atoms with Gasteiger partial charge in [0.05, 0.1) is 17.0 Å². The van der Waals surface area contributed by atoms with Crippen molar-refractivity contribution < 1.29 is 22.0 Å². The monoisotopic (exact) mass is 466 g/mol. The molecule has 1 amide bonds. The van der Waals surface area contributed by atoms with Crippen molar-refractivity contribution in [2.75, 3.05) is 11.5 Å². The van der Waals surface area contributed by atoms with Gasteiger partial charge in [0.1, 0.15) is 11.6 Å². The molecule has 168 valence electrons. The van der Waals surface area contributed by atoms with Crippen LogP contribution in [0.4, 0.5) is 8.78 Å². The van der Waals surface area contributed by atoms with Crippen molar-refractivity contribution in [3.63, 3.8) is 0 Å². The molecule has 1 saturated heterocycles. The summed E-state index contributed by atoms with van der Waals surface area (Å²) in [6.07, 6.45) is 2.23. The number of amides is 1. The van der Waals surface area contributed by atoms with Gasteiger partial charge in [-0.05, 0) is 60.5 Å². The van der Waals surface area contributed by atoms with Gasteiger partial charge in [-0.2, -0.15) is 0 Å². The van der Waals surface area contributed by atoms with Crippen LogP contribution >= 0.6 is 0 Å². The van der Waals surface area contributed by atoms with E-state index in [9.17, 15) is 22.0 Å². The highest BCUT2D eigenvalue weighted by Crippen LogP contribution is 2.33. The molecule has 1 aliphatic rings. The first kappa shape index (κ1) is 21.3. The van der Waals surface area contributed by atoms with Gasteiger partial charge in [0.15, 0.2) is 9.84 Å². The van der Waals surface area contributed by atoms with E-state index < -0.39 is 15.9 Å². The zero-order chi connectivity index (χ0) is 23.2. The number of benzene rings is 3. The smallest absolute Gasteiger partial charge is 0.251 e. The summed E-state index contributed by atoms with van der Waals surface area (Å²) in [6, 6.07) is 16.9. The predicted molar refractivity (Wildman–Crippen MR) is 123 cm³/mol. The third kappa shape index (κ3) is 4.26. The number of carbonyl (C=O) groups excluding carboxylic acids is 1. The van der Waals surface area contributed by atoms with E-state index in [1.54, 1.807) is 42.5 Å². The van der Waals surface area contributed by atoms with Gasteiger partial charge in [0.2, 0.25) is 0 Å². The van der Waals surface area contributed by atoms with Gasteiger partial charge in [-0.1, -0.05) is 18.2 Å². The van der Waals surface area contributed by atoms with Crippen LogP contribution in [0.1, 0.15) is 16.8 Å². The first-order chi connectivity index (χ1) is 15.8. The molecule has 1 fully saturated rings. The van der Waals surface area contributed by atoms with Crippen molar-refractivity contribution in [2.24, 2.45) is 0 Å². The Morgan fingerprint density at radius 1 is 0.970 bits per heavy atom. The van der Waals surface area contributed by atoms with Gasteiger partial charge < -0.3 is 9.88 Å². The number of nitrogens with one attached hydrogen (secondary N) is 1. The van der Waals surface area contributed by atoms with E-state index >= 15 is 0 Å². The minimum absolute atomic E-state index is 0.0589. The number of halogens is 2. The van der Waals surface area contributed by atoms with E-state index in [1.807, 2.05) is 10.8 Å². The van der Waals surface area contributed by atoms with Crippen LogP contribution in [0.15, 0.2) is 72.9 Å². The van der Waals surface area contributed by atoms with Crippen LogP contribution in [0.2, 0.25) is 0 Å². The molecule has 5 nitrogen and oxygen atoms in total. The van der Waals surface area contributed by atoms with Crippen molar-refractivity contribution >= 4 is 26.6 Å². The summed E-state index contributed by atoms with van der Waals surface area (Å²) in [5, 5.41) is 3.60. The van der Waals surface area contributed by atoms with Gasteiger partial charge in [-0.3, -0.25) is 4.79 Å². The summed E-state index contributed by atoms with van der Waals surface area (Å²) in [7, 11) is -3.12. The molecule has 1 aromatic heterocycles.